The Morgan fingerprint density at radius 2 is 2.33 bits per heavy atom. The van der Waals surface area contributed by atoms with Gasteiger partial charge in [-0.3, -0.25) is 4.57 Å². The van der Waals surface area contributed by atoms with Gasteiger partial charge in [0.15, 0.2) is 0 Å². The first-order valence-electron chi connectivity index (χ1n) is 6.31. The van der Waals surface area contributed by atoms with E-state index in [-0.39, 0.29) is 11.7 Å². The molecule has 96 valence electrons. The predicted octanol–water partition coefficient (Wildman–Crippen LogP) is 2.36. The van der Waals surface area contributed by atoms with Crippen molar-refractivity contribution >= 4 is 27.0 Å². The molecule has 1 aromatic heterocycles. The van der Waals surface area contributed by atoms with Gasteiger partial charge >= 0.3 is 5.69 Å². The van der Waals surface area contributed by atoms with E-state index in [2.05, 4.69) is 32.7 Å². The molecular formula is C13H16BrN3O. The Morgan fingerprint density at radius 1 is 1.50 bits per heavy atom. The van der Waals surface area contributed by atoms with Crippen LogP contribution in [0.15, 0.2) is 27.5 Å². The number of rotatable bonds is 2. The molecule has 2 heterocycles. The summed E-state index contributed by atoms with van der Waals surface area (Å²) >= 11 is 3.55. The van der Waals surface area contributed by atoms with Crippen molar-refractivity contribution in [2.75, 3.05) is 19.6 Å². The fourth-order valence-electron chi connectivity index (χ4n) is 2.80. The van der Waals surface area contributed by atoms with Crippen molar-refractivity contribution in [1.29, 1.82) is 0 Å². The third kappa shape index (κ3) is 1.82. The minimum atomic E-state index is -0.000136. The average molecular weight is 310 g/mol. The number of likely N-dealkylation sites (N-methyl/N-ethyl adjacent to an activating group) is 1. The smallest absolute Gasteiger partial charge is 0.305 e. The monoisotopic (exact) mass is 309 g/mol. The standard InChI is InChI=1S/C13H16BrN3O/c1-2-16-7-6-9(8-16)17-12-10(14)4-3-5-11(12)15-13(17)18/h3-5,9H,2,6-8H2,1H3,(H,15,18). The van der Waals surface area contributed by atoms with Gasteiger partial charge in [-0.1, -0.05) is 13.0 Å². The summed E-state index contributed by atoms with van der Waals surface area (Å²) in [7, 11) is 0. The molecule has 18 heavy (non-hydrogen) atoms. The van der Waals surface area contributed by atoms with E-state index in [1.54, 1.807) is 0 Å². The third-order valence-electron chi connectivity index (χ3n) is 3.75. The molecule has 1 unspecified atom stereocenters. The molecule has 5 heteroatoms. The Labute approximate surface area is 114 Å². The van der Waals surface area contributed by atoms with E-state index in [4.69, 9.17) is 0 Å². The number of halogens is 1. The quantitative estimate of drug-likeness (QED) is 0.925. The Hall–Kier alpha value is -1.07. The van der Waals surface area contributed by atoms with Crippen molar-refractivity contribution < 1.29 is 0 Å². The lowest BCUT2D eigenvalue weighted by molar-refractivity contribution is 0.341. The van der Waals surface area contributed by atoms with Gasteiger partial charge in [0.05, 0.1) is 17.1 Å². The van der Waals surface area contributed by atoms with Crippen LogP contribution in [0.2, 0.25) is 0 Å². The van der Waals surface area contributed by atoms with Crippen molar-refractivity contribution in [3.63, 3.8) is 0 Å². The molecule has 3 rings (SSSR count). The number of aromatic nitrogens is 2. The highest BCUT2D eigenvalue weighted by atomic mass is 79.9. The molecular weight excluding hydrogens is 294 g/mol. The van der Waals surface area contributed by atoms with Crippen LogP contribution in [0.3, 0.4) is 0 Å². The van der Waals surface area contributed by atoms with Crippen LogP contribution in [-0.2, 0) is 0 Å². The van der Waals surface area contributed by atoms with E-state index in [1.165, 1.54) is 0 Å². The summed E-state index contributed by atoms with van der Waals surface area (Å²) in [6, 6.07) is 6.16. The summed E-state index contributed by atoms with van der Waals surface area (Å²) in [5, 5.41) is 0. The Bertz CT molecular complexity index is 631. The van der Waals surface area contributed by atoms with E-state index in [0.29, 0.717) is 0 Å². The number of hydrogen-bond acceptors (Lipinski definition) is 2. The summed E-state index contributed by atoms with van der Waals surface area (Å²) in [6.45, 7) is 5.25. The first-order chi connectivity index (χ1) is 8.70. The molecule has 1 fully saturated rings. The van der Waals surface area contributed by atoms with Crippen molar-refractivity contribution in [2.24, 2.45) is 0 Å². The van der Waals surface area contributed by atoms with Crippen LogP contribution in [0.4, 0.5) is 0 Å². The van der Waals surface area contributed by atoms with Gasteiger partial charge in [-0.15, -0.1) is 0 Å². The molecule has 0 radical (unpaired) electrons. The molecule has 2 aromatic rings. The van der Waals surface area contributed by atoms with Gasteiger partial charge in [-0.05, 0) is 41.0 Å². The van der Waals surface area contributed by atoms with Crippen LogP contribution in [0.1, 0.15) is 19.4 Å². The molecule has 1 N–H and O–H groups in total. The minimum absolute atomic E-state index is 0.000136. The number of H-pyrrole nitrogens is 1. The highest BCUT2D eigenvalue weighted by Crippen LogP contribution is 2.28. The summed E-state index contributed by atoms with van der Waals surface area (Å²) < 4.78 is 2.89. The Morgan fingerprint density at radius 3 is 3.06 bits per heavy atom. The van der Waals surface area contributed by atoms with E-state index in [1.807, 2.05) is 22.8 Å². The molecule has 1 saturated heterocycles. The van der Waals surface area contributed by atoms with Crippen molar-refractivity contribution in [3.8, 4) is 0 Å². The van der Waals surface area contributed by atoms with Gasteiger partial charge in [0.1, 0.15) is 0 Å². The number of nitrogens with one attached hydrogen (secondary N) is 1. The van der Waals surface area contributed by atoms with Gasteiger partial charge < -0.3 is 9.88 Å². The van der Waals surface area contributed by atoms with E-state index >= 15 is 0 Å². The zero-order valence-corrected chi connectivity index (χ0v) is 11.9. The largest absolute Gasteiger partial charge is 0.326 e. The van der Waals surface area contributed by atoms with Crippen LogP contribution in [0.25, 0.3) is 11.0 Å². The molecule has 1 aromatic carbocycles. The second-order valence-electron chi connectivity index (χ2n) is 4.77. The highest BCUT2D eigenvalue weighted by Gasteiger charge is 2.26. The number of imidazole rings is 1. The van der Waals surface area contributed by atoms with Crippen molar-refractivity contribution in [2.45, 2.75) is 19.4 Å². The first kappa shape index (κ1) is 12.0. The topological polar surface area (TPSA) is 41.0 Å². The lowest BCUT2D eigenvalue weighted by Gasteiger charge is -2.14. The number of nitrogens with zero attached hydrogens (tertiary/aromatic N) is 2. The molecule has 0 amide bonds. The fourth-order valence-corrected chi connectivity index (χ4v) is 3.35. The maximum atomic E-state index is 12.1. The van der Waals surface area contributed by atoms with E-state index in [9.17, 15) is 4.79 Å². The minimum Gasteiger partial charge on any atom is -0.305 e. The van der Waals surface area contributed by atoms with Crippen LogP contribution in [-0.4, -0.2) is 34.1 Å². The Kier molecular flexibility index (Phi) is 3.03. The van der Waals surface area contributed by atoms with Gasteiger partial charge in [0.25, 0.3) is 0 Å². The number of para-hydroxylation sites is 1. The molecule has 1 atom stereocenters. The SMILES string of the molecule is CCN1CCC(n2c(=O)[nH]c3cccc(Br)c32)C1. The highest BCUT2D eigenvalue weighted by molar-refractivity contribution is 9.10. The molecule has 1 aliphatic heterocycles. The maximum Gasteiger partial charge on any atom is 0.326 e. The van der Waals surface area contributed by atoms with E-state index < -0.39 is 0 Å². The predicted molar refractivity (Wildman–Crippen MR) is 76.0 cm³/mol. The second-order valence-corrected chi connectivity index (χ2v) is 5.63. The Balaban J connectivity index is 2.12. The normalized spacial score (nSPS) is 20.9. The number of fused-ring (bicyclic) bond motifs is 1. The fraction of sp³-hybridized carbons (Fsp3) is 0.462. The van der Waals surface area contributed by atoms with Gasteiger partial charge in [0.2, 0.25) is 0 Å². The van der Waals surface area contributed by atoms with E-state index in [0.717, 1.165) is 41.6 Å². The number of likely N-dealkylation sites (tertiary alicyclic amines) is 1. The third-order valence-corrected chi connectivity index (χ3v) is 4.39. The molecule has 0 saturated carbocycles. The number of hydrogen-bond donors (Lipinski definition) is 1. The van der Waals surface area contributed by atoms with Crippen LogP contribution in [0, 0.1) is 0 Å². The second kappa shape index (κ2) is 4.55. The van der Waals surface area contributed by atoms with Crippen molar-refractivity contribution in [3.05, 3.63) is 33.2 Å². The summed E-state index contributed by atoms with van der Waals surface area (Å²) in [5.41, 5.74) is 1.90. The molecule has 0 aliphatic carbocycles. The number of aromatic amines is 1. The van der Waals surface area contributed by atoms with Crippen LogP contribution >= 0.6 is 15.9 Å². The maximum absolute atomic E-state index is 12.1. The van der Waals surface area contributed by atoms with Gasteiger partial charge in [0, 0.05) is 17.6 Å². The van der Waals surface area contributed by atoms with Crippen molar-refractivity contribution in [1.82, 2.24) is 14.5 Å². The molecule has 1 aliphatic rings. The molecule has 0 spiro atoms. The average Bonchev–Trinajstić information content (AvgIpc) is 2.92. The van der Waals surface area contributed by atoms with Gasteiger partial charge in [-0.25, -0.2) is 4.79 Å². The first-order valence-corrected chi connectivity index (χ1v) is 7.11. The molecule has 4 nitrogen and oxygen atoms in total. The lowest BCUT2D eigenvalue weighted by Crippen LogP contribution is -2.26. The van der Waals surface area contributed by atoms with Gasteiger partial charge in [-0.2, -0.15) is 0 Å². The summed E-state index contributed by atoms with van der Waals surface area (Å²) in [6.07, 6.45) is 1.04. The number of benzene rings is 1. The van der Waals surface area contributed by atoms with Crippen LogP contribution in [0.5, 0.6) is 0 Å². The summed E-state index contributed by atoms with van der Waals surface area (Å²) in [5.74, 6) is 0. The molecule has 0 bridgehead atoms. The lowest BCUT2D eigenvalue weighted by atomic mass is 10.2. The zero-order chi connectivity index (χ0) is 12.7. The van der Waals surface area contributed by atoms with Crippen LogP contribution < -0.4 is 5.69 Å². The zero-order valence-electron chi connectivity index (χ0n) is 10.3. The summed E-state index contributed by atoms with van der Waals surface area (Å²) in [4.78, 5) is 17.5.